The lowest BCUT2D eigenvalue weighted by atomic mass is 9.90. The topological polar surface area (TPSA) is 46.2 Å². The van der Waals surface area contributed by atoms with E-state index < -0.39 is 0 Å². The van der Waals surface area contributed by atoms with Gasteiger partial charge in [0.1, 0.15) is 11.6 Å². The van der Waals surface area contributed by atoms with E-state index in [4.69, 9.17) is 5.73 Å². The van der Waals surface area contributed by atoms with Crippen molar-refractivity contribution in [3.05, 3.63) is 29.1 Å². The normalized spacial score (nSPS) is 18.9. The minimum atomic E-state index is -0.387. The van der Waals surface area contributed by atoms with Crippen molar-refractivity contribution in [1.29, 1.82) is 0 Å². The lowest BCUT2D eigenvalue weighted by molar-refractivity contribution is 0.394. The zero-order valence-electron chi connectivity index (χ0n) is 9.54. The second kappa shape index (κ2) is 4.42. The maximum atomic E-state index is 13.7. The molecule has 0 heterocycles. The Bertz CT molecular complexity index is 386. The summed E-state index contributed by atoms with van der Waals surface area (Å²) in [5.41, 5.74) is 7.05. The summed E-state index contributed by atoms with van der Waals surface area (Å²) in [4.78, 5) is 0. The maximum Gasteiger partial charge on any atom is 0.131 e. The first-order valence-electron chi connectivity index (χ1n) is 5.85. The highest BCUT2D eigenvalue weighted by atomic mass is 19.1. The van der Waals surface area contributed by atoms with Crippen LogP contribution < -0.4 is 5.73 Å². The summed E-state index contributed by atoms with van der Waals surface area (Å²) in [6.45, 7) is 1.76. The van der Waals surface area contributed by atoms with E-state index in [-0.39, 0.29) is 17.6 Å². The lowest BCUT2D eigenvalue weighted by Crippen LogP contribution is -2.20. The van der Waals surface area contributed by atoms with Crippen LogP contribution in [-0.4, -0.2) is 5.11 Å². The maximum absolute atomic E-state index is 13.7. The van der Waals surface area contributed by atoms with Crippen LogP contribution in [0.4, 0.5) is 4.39 Å². The number of halogens is 1. The van der Waals surface area contributed by atoms with Crippen LogP contribution in [0.3, 0.4) is 0 Å². The Kier molecular flexibility index (Phi) is 3.15. The van der Waals surface area contributed by atoms with Gasteiger partial charge in [0.2, 0.25) is 0 Å². The van der Waals surface area contributed by atoms with Crippen LogP contribution in [0, 0.1) is 18.7 Å². The van der Waals surface area contributed by atoms with Crippen molar-refractivity contribution in [2.75, 3.05) is 0 Å². The molecule has 1 saturated carbocycles. The van der Waals surface area contributed by atoms with Gasteiger partial charge in [-0.3, -0.25) is 0 Å². The molecule has 0 radical (unpaired) electrons. The SMILES string of the molecule is Cc1ccc(F)c([C@H](N)C2CCCC2)c1O. The van der Waals surface area contributed by atoms with Gasteiger partial charge in [0.15, 0.2) is 0 Å². The first kappa shape index (κ1) is 11.4. The van der Waals surface area contributed by atoms with Crippen molar-refractivity contribution < 1.29 is 9.50 Å². The Balaban J connectivity index is 2.34. The summed E-state index contributed by atoms with van der Waals surface area (Å²) in [5.74, 6) is -0.0518. The van der Waals surface area contributed by atoms with E-state index in [9.17, 15) is 9.50 Å². The monoisotopic (exact) mass is 223 g/mol. The van der Waals surface area contributed by atoms with Crippen LogP contribution >= 0.6 is 0 Å². The first-order chi connectivity index (χ1) is 7.61. The van der Waals surface area contributed by atoms with Crippen LogP contribution in [0.5, 0.6) is 5.75 Å². The first-order valence-corrected chi connectivity index (χ1v) is 5.85. The quantitative estimate of drug-likeness (QED) is 0.809. The fourth-order valence-electron chi connectivity index (χ4n) is 2.56. The average Bonchev–Trinajstić information content (AvgIpc) is 2.77. The van der Waals surface area contributed by atoms with Crippen LogP contribution in [0.2, 0.25) is 0 Å². The number of hydrogen-bond donors (Lipinski definition) is 2. The fraction of sp³-hybridized carbons (Fsp3) is 0.538. The number of nitrogens with two attached hydrogens (primary N) is 1. The molecule has 0 unspecified atom stereocenters. The average molecular weight is 223 g/mol. The molecule has 0 spiro atoms. The number of phenols is 1. The van der Waals surface area contributed by atoms with E-state index in [2.05, 4.69) is 0 Å². The molecule has 3 heteroatoms. The summed E-state index contributed by atoms with van der Waals surface area (Å²) in [6.07, 6.45) is 4.39. The minimum absolute atomic E-state index is 0.0272. The zero-order chi connectivity index (χ0) is 11.7. The Morgan fingerprint density at radius 1 is 1.38 bits per heavy atom. The molecule has 1 aromatic carbocycles. The standard InChI is InChI=1S/C13H18FNO/c1-8-6-7-10(14)11(13(8)16)12(15)9-4-2-3-5-9/h6-7,9,12,16H,2-5,15H2,1H3/t12-/m1/s1. The molecule has 1 fully saturated rings. The molecule has 16 heavy (non-hydrogen) atoms. The van der Waals surface area contributed by atoms with Crippen molar-refractivity contribution >= 4 is 0 Å². The smallest absolute Gasteiger partial charge is 0.131 e. The summed E-state index contributed by atoms with van der Waals surface area (Å²) >= 11 is 0. The molecule has 1 aliphatic rings. The summed E-state index contributed by atoms with van der Waals surface area (Å²) in [5, 5.41) is 9.89. The van der Waals surface area contributed by atoms with Gasteiger partial charge in [-0.1, -0.05) is 18.9 Å². The van der Waals surface area contributed by atoms with Gasteiger partial charge >= 0.3 is 0 Å². The van der Waals surface area contributed by atoms with Crippen LogP contribution in [-0.2, 0) is 0 Å². The molecule has 3 N–H and O–H groups in total. The number of aromatic hydroxyl groups is 1. The lowest BCUT2D eigenvalue weighted by Gasteiger charge is -2.21. The second-order valence-corrected chi connectivity index (χ2v) is 4.70. The Morgan fingerprint density at radius 3 is 2.62 bits per heavy atom. The second-order valence-electron chi connectivity index (χ2n) is 4.70. The van der Waals surface area contributed by atoms with Gasteiger partial charge in [-0.05, 0) is 37.3 Å². The van der Waals surface area contributed by atoms with Crippen molar-refractivity contribution in [1.82, 2.24) is 0 Å². The van der Waals surface area contributed by atoms with Crippen LogP contribution in [0.25, 0.3) is 0 Å². The summed E-state index contributed by atoms with van der Waals surface area (Å²) in [7, 11) is 0. The number of aryl methyl sites for hydroxylation is 1. The third kappa shape index (κ3) is 1.92. The van der Waals surface area contributed by atoms with Crippen LogP contribution in [0.15, 0.2) is 12.1 Å². The summed E-state index contributed by atoms with van der Waals surface area (Å²) in [6, 6.07) is 2.59. The van der Waals surface area contributed by atoms with Crippen molar-refractivity contribution in [3.63, 3.8) is 0 Å². The molecule has 88 valence electrons. The van der Waals surface area contributed by atoms with E-state index in [1.807, 2.05) is 0 Å². The molecule has 2 rings (SSSR count). The molecule has 1 aliphatic carbocycles. The minimum Gasteiger partial charge on any atom is -0.507 e. The van der Waals surface area contributed by atoms with Gasteiger partial charge in [0.05, 0.1) is 0 Å². The molecule has 2 nitrogen and oxygen atoms in total. The predicted molar refractivity (Wildman–Crippen MR) is 61.7 cm³/mol. The highest BCUT2D eigenvalue weighted by Crippen LogP contribution is 2.39. The molecular formula is C13H18FNO. The van der Waals surface area contributed by atoms with Crippen molar-refractivity contribution in [3.8, 4) is 5.75 Å². The number of hydrogen-bond acceptors (Lipinski definition) is 2. The Labute approximate surface area is 95.3 Å². The van der Waals surface area contributed by atoms with E-state index in [0.29, 0.717) is 17.0 Å². The number of benzene rings is 1. The predicted octanol–water partition coefficient (Wildman–Crippen LogP) is 3.03. The van der Waals surface area contributed by atoms with Gasteiger partial charge in [-0.25, -0.2) is 4.39 Å². The largest absolute Gasteiger partial charge is 0.507 e. The third-order valence-corrected chi connectivity index (χ3v) is 3.61. The molecule has 0 aliphatic heterocycles. The molecule has 1 atom stereocenters. The van der Waals surface area contributed by atoms with E-state index in [0.717, 1.165) is 25.7 Å². The molecule has 0 amide bonds. The van der Waals surface area contributed by atoms with Gasteiger partial charge in [-0.15, -0.1) is 0 Å². The molecule has 1 aromatic rings. The molecular weight excluding hydrogens is 205 g/mol. The highest BCUT2D eigenvalue weighted by molar-refractivity contribution is 5.42. The van der Waals surface area contributed by atoms with Gasteiger partial charge in [0, 0.05) is 11.6 Å². The number of phenolic OH excluding ortho intramolecular Hbond substituents is 1. The van der Waals surface area contributed by atoms with Gasteiger partial charge in [0.25, 0.3) is 0 Å². The van der Waals surface area contributed by atoms with E-state index in [1.165, 1.54) is 6.07 Å². The molecule has 0 aromatic heterocycles. The van der Waals surface area contributed by atoms with Crippen molar-refractivity contribution in [2.24, 2.45) is 11.7 Å². The zero-order valence-corrected chi connectivity index (χ0v) is 9.54. The van der Waals surface area contributed by atoms with Crippen molar-refractivity contribution in [2.45, 2.75) is 38.6 Å². The molecule has 0 saturated heterocycles. The summed E-state index contributed by atoms with van der Waals surface area (Å²) < 4.78 is 13.7. The molecule has 0 bridgehead atoms. The van der Waals surface area contributed by atoms with Gasteiger partial charge < -0.3 is 10.8 Å². The number of rotatable bonds is 2. The third-order valence-electron chi connectivity index (χ3n) is 3.61. The highest BCUT2D eigenvalue weighted by Gasteiger charge is 2.27. The van der Waals surface area contributed by atoms with Crippen LogP contribution in [0.1, 0.15) is 42.9 Å². The Hall–Kier alpha value is -1.09. The van der Waals surface area contributed by atoms with E-state index in [1.54, 1.807) is 13.0 Å². The van der Waals surface area contributed by atoms with E-state index >= 15 is 0 Å². The Morgan fingerprint density at radius 2 is 2.00 bits per heavy atom. The fourth-order valence-corrected chi connectivity index (χ4v) is 2.56. The van der Waals surface area contributed by atoms with Gasteiger partial charge in [-0.2, -0.15) is 0 Å².